The van der Waals surface area contributed by atoms with Gasteiger partial charge in [-0.05, 0) is 25.1 Å². The lowest BCUT2D eigenvalue weighted by Crippen LogP contribution is -2.55. The quantitative estimate of drug-likeness (QED) is 0.672. The number of alkyl halides is 6. The molecule has 0 spiro atoms. The highest BCUT2D eigenvalue weighted by Crippen LogP contribution is 2.43. The summed E-state index contributed by atoms with van der Waals surface area (Å²) in [6, 6.07) is -1.24. The van der Waals surface area contributed by atoms with E-state index in [1.807, 2.05) is 0 Å². The minimum absolute atomic E-state index is 0.173. The Labute approximate surface area is 175 Å². The molecular formula is C18H14F7N5O2. The summed E-state index contributed by atoms with van der Waals surface area (Å²) in [6.07, 6.45) is -9.45. The number of nitrogens with two attached hydrogens (primary N) is 1. The number of rotatable bonds is 4. The van der Waals surface area contributed by atoms with Crippen LogP contribution in [-0.2, 0) is 10.3 Å². The highest BCUT2D eigenvalue weighted by Gasteiger charge is 2.58. The lowest BCUT2D eigenvalue weighted by Gasteiger charge is -2.40. The van der Waals surface area contributed by atoms with Gasteiger partial charge >= 0.3 is 6.18 Å². The van der Waals surface area contributed by atoms with Gasteiger partial charge in [0.05, 0.1) is 12.4 Å². The molecule has 3 N–H and O–H groups in total. The third-order valence-electron chi connectivity index (χ3n) is 4.61. The van der Waals surface area contributed by atoms with Gasteiger partial charge < -0.3 is 15.8 Å². The van der Waals surface area contributed by atoms with Gasteiger partial charge in [0, 0.05) is 11.3 Å². The molecule has 1 aromatic carbocycles. The van der Waals surface area contributed by atoms with Crippen LogP contribution in [0.25, 0.3) is 0 Å². The molecule has 0 saturated carbocycles. The van der Waals surface area contributed by atoms with Crippen molar-refractivity contribution in [1.82, 2.24) is 9.97 Å². The van der Waals surface area contributed by atoms with E-state index in [2.05, 4.69) is 20.3 Å². The predicted octanol–water partition coefficient (Wildman–Crippen LogP) is 3.63. The molecule has 2 aromatic rings. The Morgan fingerprint density at radius 2 is 1.94 bits per heavy atom. The van der Waals surface area contributed by atoms with E-state index in [4.69, 9.17) is 10.5 Å². The van der Waals surface area contributed by atoms with Crippen LogP contribution in [0.1, 0.15) is 35.1 Å². The van der Waals surface area contributed by atoms with Gasteiger partial charge in [-0.25, -0.2) is 27.5 Å². The molecule has 1 aliphatic heterocycles. The van der Waals surface area contributed by atoms with Crippen molar-refractivity contribution >= 4 is 17.6 Å². The largest absolute Gasteiger partial charge is 0.451 e. The monoisotopic (exact) mass is 465 g/mol. The van der Waals surface area contributed by atoms with E-state index in [1.54, 1.807) is 0 Å². The van der Waals surface area contributed by atoms with Gasteiger partial charge in [-0.15, -0.1) is 0 Å². The molecular weight excluding hydrogens is 451 g/mol. The van der Waals surface area contributed by atoms with Gasteiger partial charge in [0.15, 0.2) is 17.8 Å². The smallest absolute Gasteiger partial charge is 0.413 e. The van der Waals surface area contributed by atoms with Gasteiger partial charge in [-0.3, -0.25) is 9.78 Å². The van der Waals surface area contributed by atoms with Crippen molar-refractivity contribution < 1.29 is 40.3 Å². The number of aliphatic imine (C=N–C) groups is 1. The third-order valence-corrected chi connectivity index (χ3v) is 4.61. The number of nitrogens with one attached hydrogen (secondary N) is 1. The second-order valence-electron chi connectivity index (χ2n) is 6.84. The van der Waals surface area contributed by atoms with E-state index < -0.39 is 59.4 Å². The van der Waals surface area contributed by atoms with Crippen molar-refractivity contribution in [1.29, 1.82) is 0 Å². The van der Waals surface area contributed by atoms with Gasteiger partial charge in [0.1, 0.15) is 17.2 Å². The lowest BCUT2D eigenvalue weighted by atomic mass is 9.85. The summed E-state index contributed by atoms with van der Waals surface area (Å²) in [5.41, 5.74) is 0.854. The van der Waals surface area contributed by atoms with Crippen LogP contribution in [-0.4, -0.2) is 40.3 Å². The number of amidine groups is 1. The Kier molecular flexibility index (Phi) is 5.98. The van der Waals surface area contributed by atoms with E-state index in [0.717, 1.165) is 31.3 Å². The van der Waals surface area contributed by atoms with Crippen molar-refractivity contribution in [3.05, 3.63) is 53.4 Å². The van der Waals surface area contributed by atoms with Crippen LogP contribution in [0.2, 0.25) is 0 Å². The summed E-state index contributed by atoms with van der Waals surface area (Å²) in [7, 11) is 0. The number of carbonyl (C=O) groups is 1. The second-order valence-corrected chi connectivity index (χ2v) is 6.84. The molecule has 14 heteroatoms. The Morgan fingerprint density at radius 3 is 2.50 bits per heavy atom. The molecule has 172 valence electrons. The number of anilines is 1. The summed E-state index contributed by atoms with van der Waals surface area (Å²) >= 11 is 0. The molecule has 3 rings (SSSR count). The summed E-state index contributed by atoms with van der Waals surface area (Å²) in [4.78, 5) is 22.1. The van der Waals surface area contributed by atoms with E-state index >= 15 is 0 Å². The molecule has 0 bridgehead atoms. The lowest BCUT2D eigenvalue weighted by molar-refractivity contribution is -0.187. The third kappa shape index (κ3) is 4.43. The second kappa shape index (κ2) is 8.24. The topological polar surface area (TPSA) is 102 Å². The number of halogens is 7. The molecule has 1 aliphatic rings. The molecule has 0 aliphatic carbocycles. The zero-order chi connectivity index (χ0) is 23.8. The highest BCUT2D eigenvalue weighted by atomic mass is 19.4. The number of amides is 1. The minimum atomic E-state index is -5.12. The normalized spacial score (nSPS) is 23.5. The first-order valence-electron chi connectivity index (χ1n) is 8.77. The van der Waals surface area contributed by atoms with E-state index in [9.17, 15) is 35.5 Å². The number of ether oxygens (including phenoxy) is 1. The first kappa shape index (κ1) is 23.2. The van der Waals surface area contributed by atoms with Crippen LogP contribution in [0.3, 0.4) is 0 Å². The van der Waals surface area contributed by atoms with Gasteiger partial charge in [0.25, 0.3) is 18.4 Å². The number of aromatic nitrogens is 2. The van der Waals surface area contributed by atoms with Crippen LogP contribution < -0.4 is 11.1 Å². The minimum Gasteiger partial charge on any atom is -0.451 e. The fourth-order valence-electron chi connectivity index (χ4n) is 2.99. The van der Waals surface area contributed by atoms with Gasteiger partial charge in [0.2, 0.25) is 0 Å². The van der Waals surface area contributed by atoms with Crippen molar-refractivity contribution in [3.8, 4) is 0 Å². The average Bonchev–Trinajstić information content (AvgIpc) is 2.71. The molecule has 32 heavy (non-hydrogen) atoms. The maximum Gasteiger partial charge on any atom is 0.413 e. The van der Waals surface area contributed by atoms with Crippen molar-refractivity contribution in [2.45, 2.75) is 37.3 Å². The summed E-state index contributed by atoms with van der Waals surface area (Å²) in [5.74, 6) is -2.08. The SMILES string of the molecule is C[C@]1(c2cc(NC(=O)c3cnc(C(F)F)cn3)ccc2F)OC(N)=N[C@H](C(F)(F)F)[C@H]1F. The standard InChI is InChI=1S/C18H14F7N5O2/c1-17(12(20)13(18(23,24)25)30-16(26)32-17)8-4-7(2-3-9(8)19)29-15(31)11-6-27-10(5-28-11)14(21)22/h2-6,12-14H,1H3,(H2,26,30)(H,29,31)/t12-,13+,17-/m1/s1. The first-order chi connectivity index (χ1) is 14.8. The molecule has 3 atom stereocenters. The fraction of sp³-hybridized carbons (Fsp3) is 0.333. The molecule has 0 unspecified atom stereocenters. The van der Waals surface area contributed by atoms with Crippen LogP contribution in [0.15, 0.2) is 35.6 Å². The van der Waals surface area contributed by atoms with Crippen LogP contribution in [0.4, 0.5) is 36.4 Å². The molecule has 1 amide bonds. The molecule has 1 aromatic heterocycles. The Balaban J connectivity index is 1.91. The molecule has 0 saturated heterocycles. The maximum atomic E-state index is 14.9. The number of carbonyl (C=O) groups excluding carboxylic acids is 1. The predicted molar refractivity (Wildman–Crippen MR) is 96.1 cm³/mol. The first-order valence-corrected chi connectivity index (χ1v) is 8.77. The average molecular weight is 465 g/mol. The zero-order valence-corrected chi connectivity index (χ0v) is 16.0. The Hall–Kier alpha value is -3.45. The number of nitrogens with zero attached hydrogens (tertiary/aromatic N) is 3. The highest BCUT2D eigenvalue weighted by molar-refractivity contribution is 6.02. The van der Waals surface area contributed by atoms with Gasteiger partial charge in [-0.1, -0.05) is 0 Å². The van der Waals surface area contributed by atoms with Crippen LogP contribution in [0, 0.1) is 5.82 Å². The van der Waals surface area contributed by atoms with E-state index in [-0.39, 0.29) is 11.4 Å². The Bertz CT molecular complexity index is 1050. The van der Waals surface area contributed by atoms with Crippen LogP contribution in [0.5, 0.6) is 0 Å². The molecule has 0 radical (unpaired) electrons. The molecule has 7 nitrogen and oxygen atoms in total. The number of hydrogen-bond acceptors (Lipinski definition) is 6. The van der Waals surface area contributed by atoms with E-state index in [1.165, 1.54) is 0 Å². The van der Waals surface area contributed by atoms with Crippen molar-refractivity contribution in [3.63, 3.8) is 0 Å². The van der Waals surface area contributed by atoms with Crippen molar-refractivity contribution in [2.75, 3.05) is 5.32 Å². The molecule has 0 fully saturated rings. The summed E-state index contributed by atoms with van der Waals surface area (Å²) in [6.45, 7) is 0.858. The summed E-state index contributed by atoms with van der Waals surface area (Å²) < 4.78 is 98.9. The zero-order valence-electron chi connectivity index (χ0n) is 16.0. The van der Waals surface area contributed by atoms with Crippen LogP contribution >= 0.6 is 0 Å². The number of hydrogen-bond donors (Lipinski definition) is 2. The van der Waals surface area contributed by atoms with E-state index in [0.29, 0.717) is 6.20 Å². The van der Waals surface area contributed by atoms with Crippen molar-refractivity contribution in [2.24, 2.45) is 10.7 Å². The number of benzene rings is 1. The Morgan fingerprint density at radius 1 is 1.25 bits per heavy atom. The van der Waals surface area contributed by atoms with Gasteiger partial charge in [-0.2, -0.15) is 13.2 Å². The summed E-state index contributed by atoms with van der Waals surface area (Å²) in [5, 5.41) is 2.24. The fourth-order valence-corrected chi connectivity index (χ4v) is 2.99. The molecule has 2 heterocycles. The maximum absolute atomic E-state index is 14.9.